The summed E-state index contributed by atoms with van der Waals surface area (Å²) in [6.45, 7) is 6.77. The summed E-state index contributed by atoms with van der Waals surface area (Å²) in [6, 6.07) is 8.70. The minimum Gasteiger partial charge on any atom is -0.494 e. The van der Waals surface area contributed by atoms with E-state index < -0.39 is 0 Å². The molecule has 0 amide bonds. The molecule has 24 heavy (non-hydrogen) atoms. The minimum absolute atomic E-state index is 0.698. The molecule has 5 heteroatoms. The number of hydrogen-bond acceptors (Lipinski definition) is 5. The summed E-state index contributed by atoms with van der Waals surface area (Å²) in [5.74, 6) is 2.01. The zero-order chi connectivity index (χ0) is 16.5. The second kappa shape index (κ2) is 6.40. The second-order valence-corrected chi connectivity index (χ2v) is 7.13. The molecule has 1 aliphatic rings. The average molecular weight is 339 g/mol. The maximum Gasteiger partial charge on any atom is 0.141 e. The van der Waals surface area contributed by atoms with Gasteiger partial charge in [-0.25, -0.2) is 9.97 Å². The molecule has 0 atom stereocenters. The van der Waals surface area contributed by atoms with E-state index in [4.69, 9.17) is 4.74 Å². The smallest absolute Gasteiger partial charge is 0.141 e. The monoisotopic (exact) mass is 339 g/mol. The average Bonchev–Trinajstić information content (AvgIpc) is 3.04. The van der Waals surface area contributed by atoms with Crippen molar-refractivity contribution in [1.29, 1.82) is 0 Å². The van der Waals surface area contributed by atoms with E-state index in [-0.39, 0.29) is 0 Å². The van der Waals surface area contributed by atoms with E-state index in [0.717, 1.165) is 42.3 Å². The van der Waals surface area contributed by atoms with Crippen LogP contribution < -0.4 is 9.64 Å². The number of benzene rings is 1. The molecular weight excluding hydrogens is 318 g/mol. The van der Waals surface area contributed by atoms with Gasteiger partial charge in [-0.2, -0.15) is 0 Å². The Morgan fingerprint density at radius 3 is 2.92 bits per heavy atom. The van der Waals surface area contributed by atoms with Crippen molar-refractivity contribution in [2.45, 2.75) is 33.2 Å². The fraction of sp³-hybridized carbons (Fsp3) is 0.368. The van der Waals surface area contributed by atoms with Crippen molar-refractivity contribution in [3.63, 3.8) is 0 Å². The third-order valence-corrected chi connectivity index (χ3v) is 5.70. The lowest BCUT2D eigenvalue weighted by Crippen LogP contribution is -2.31. The normalized spacial score (nSPS) is 14.0. The summed E-state index contributed by atoms with van der Waals surface area (Å²) >= 11 is 1.77. The summed E-state index contributed by atoms with van der Waals surface area (Å²) in [6.07, 6.45) is 3.78. The van der Waals surface area contributed by atoms with Crippen molar-refractivity contribution >= 4 is 27.4 Å². The molecule has 0 radical (unpaired) electrons. The summed E-state index contributed by atoms with van der Waals surface area (Å²) in [5.41, 5.74) is 2.75. The Hall–Kier alpha value is -2.14. The number of hydrogen-bond donors (Lipinski definition) is 0. The lowest BCUT2D eigenvalue weighted by molar-refractivity contribution is 0.339. The Bertz CT molecular complexity index is 874. The van der Waals surface area contributed by atoms with Gasteiger partial charge in [0.05, 0.1) is 12.0 Å². The van der Waals surface area contributed by atoms with Crippen molar-refractivity contribution in [2.75, 3.05) is 18.1 Å². The van der Waals surface area contributed by atoms with Gasteiger partial charge >= 0.3 is 0 Å². The molecule has 3 aromatic rings. The molecule has 0 unspecified atom stereocenters. The number of nitrogens with zero attached hydrogens (tertiary/aromatic N) is 3. The Morgan fingerprint density at radius 2 is 2.08 bits per heavy atom. The van der Waals surface area contributed by atoms with Crippen molar-refractivity contribution < 1.29 is 4.74 Å². The van der Waals surface area contributed by atoms with E-state index in [1.54, 1.807) is 17.7 Å². The third-order valence-electron chi connectivity index (χ3n) is 4.51. The van der Waals surface area contributed by atoms with Crippen molar-refractivity contribution in [3.8, 4) is 5.75 Å². The minimum atomic E-state index is 0.698. The van der Waals surface area contributed by atoms with E-state index in [2.05, 4.69) is 46.1 Å². The van der Waals surface area contributed by atoms with Crippen LogP contribution in [-0.2, 0) is 19.4 Å². The van der Waals surface area contributed by atoms with Crippen molar-refractivity contribution in [2.24, 2.45) is 0 Å². The van der Waals surface area contributed by atoms with Gasteiger partial charge in [0, 0.05) is 18.0 Å². The van der Waals surface area contributed by atoms with Crippen LogP contribution in [0.5, 0.6) is 5.75 Å². The highest BCUT2D eigenvalue weighted by atomic mass is 32.1. The maximum absolute atomic E-state index is 5.66. The number of aryl methyl sites for hydroxylation is 1. The number of anilines is 1. The van der Waals surface area contributed by atoms with Gasteiger partial charge in [-0.3, -0.25) is 0 Å². The quantitative estimate of drug-likeness (QED) is 0.713. The second-order valence-electron chi connectivity index (χ2n) is 6.02. The Morgan fingerprint density at radius 1 is 1.17 bits per heavy atom. The Labute approximate surface area is 146 Å². The first-order valence-electron chi connectivity index (χ1n) is 8.51. The molecule has 4 nitrogen and oxygen atoms in total. The molecule has 4 rings (SSSR count). The van der Waals surface area contributed by atoms with Crippen LogP contribution in [0.2, 0.25) is 0 Å². The zero-order valence-corrected chi connectivity index (χ0v) is 14.9. The lowest BCUT2D eigenvalue weighted by atomic mass is 9.99. The summed E-state index contributed by atoms with van der Waals surface area (Å²) in [5, 5.41) is 1.18. The summed E-state index contributed by atoms with van der Waals surface area (Å²) < 4.78 is 5.66. The highest BCUT2D eigenvalue weighted by molar-refractivity contribution is 7.18. The number of fused-ring (bicyclic) bond motifs is 2. The molecular formula is C19H21N3OS. The fourth-order valence-electron chi connectivity index (χ4n) is 3.29. The third kappa shape index (κ3) is 2.73. The van der Waals surface area contributed by atoms with Crippen LogP contribution in [0.15, 0.2) is 30.6 Å². The van der Waals surface area contributed by atoms with Gasteiger partial charge in [0.1, 0.15) is 22.7 Å². The highest BCUT2D eigenvalue weighted by Crippen LogP contribution is 2.33. The SMILES string of the molecule is CCOc1ccc2c(c1)CN(c1ncnc3sc(CC)cc13)CC2. The van der Waals surface area contributed by atoms with Crippen LogP contribution in [-0.4, -0.2) is 23.1 Å². The first-order valence-corrected chi connectivity index (χ1v) is 9.33. The van der Waals surface area contributed by atoms with Crippen molar-refractivity contribution in [3.05, 3.63) is 46.6 Å². The summed E-state index contributed by atoms with van der Waals surface area (Å²) in [4.78, 5) is 13.9. The largest absolute Gasteiger partial charge is 0.494 e. The van der Waals surface area contributed by atoms with Gasteiger partial charge < -0.3 is 9.64 Å². The Balaban J connectivity index is 1.69. The van der Waals surface area contributed by atoms with Crippen LogP contribution in [0.4, 0.5) is 5.82 Å². The standard InChI is InChI=1S/C19H21N3OS/c1-3-16-10-17-18(20-12-21-19(17)24-16)22-8-7-13-5-6-15(23-4-2)9-14(13)11-22/h5-6,9-10,12H,3-4,7-8,11H2,1-2H3. The van der Waals surface area contributed by atoms with Gasteiger partial charge in [-0.15, -0.1) is 11.3 Å². The fourth-order valence-corrected chi connectivity index (χ4v) is 4.22. The molecule has 0 spiro atoms. The van der Waals surface area contributed by atoms with E-state index >= 15 is 0 Å². The number of ether oxygens (including phenoxy) is 1. The van der Waals surface area contributed by atoms with Gasteiger partial charge in [0.2, 0.25) is 0 Å². The molecule has 124 valence electrons. The van der Waals surface area contributed by atoms with Gasteiger partial charge in [-0.1, -0.05) is 13.0 Å². The molecule has 3 heterocycles. The predicted molar refractivity (Wildman–Crippen MR) is 99.2 cm³/mol. The van der Waals surface area contributed by atoms with E-state index in [1.165, 1.54) is 21.4 Å². The Kier molecular flexibility index (Phi) is 4.10. The van der Waals surface area contributed by atoms with Crippen LogP contribution >= 0.6 is 11.3 Å². The van der Waals surface area contributed by atoms with Gasteiger partial charge in [0.15, 0.2) is 0 Å². The van der Waals surface area contributed by atoms with E-state index in [0.29, 0.717) is 6.61 Å². The van der Waals surface area contributed by atoms with Crippen molar-refractivity contribution in [1.82, 2.24) is 9.97 Å². The molecule has 0 saturated carbocycles. The lowest BCUT2D eigenvalue weighted by Gasteiger charge is -2.30. The molecule has 1 aromatic carbocycles. The van der Waals surface area contributed by atoms with Crippen LogP contribution in [0.25, 0.3) is 10.2 Å². The first kappa shape index (κ1) is 15.4. The molecule has 0 N–H and O–H groups in total. The highest BCUT2D eigenvalue weighted by Gasteiger charge is 2.21. The zero-order valence-electron chi connectivity index (χ0n) is 14.1. The van der Waals surface area contributed by atoms with E-state index in [9.17, 15) is 0 Å². The van der Waals surface area contributed by atoms with Crippen LogP contribution in [0.1, 0.15) is 29.9 Å². The molecule has 2 aromatic heterocycles. The van der Waals surface area contributed by atoms with Gasteiger partial charge in [-0.05, 0) is 49.1 Å². The van der Waals surface area contributed by atoms with Crippen LogP contribution in [0, 0.1) is 0 Å². The predicted octanol–water partition coefficient (Wildman–Crippen LogP) is 4.22. The molecule has 0 bridgehead atoms. The molecule has 0 saturated heterocycles. The molecule has 0 fully saturated rings. The maximum atomic E-state index is 5.66. The van der Waals surface area contributed by atoms with Gasteiger partial charge in [0.25, 0.3) is 0 Å². The van der Waals surface area contributed by atoms with E-state index in [1.807, 2.05) is 6.92 Å². The number of aromatic nitrogens is 2. The number of thiophene rings is 1. The first-order chi connectivity index (χ1) is 11.8. The number of rotatable bonds is 4. The van der Waals surface area contributed by atoms with Crippen LogP contribution in [0.3, 0.4) is 0 Å². The topological polar surface area (TPSA) is 38.2 Å². The molecule has 1 aliphatic heterocycles. The molecule has 0 aliphatic carbocycles. The summed E-state index contributed by atoms with van der Waals surface area (Å²) in [7, 11) is 0.